The van der Waals surface area contributed by atoms with Crippen LogP contribution in [0.4, 0.5) is 0 Å². The number of amides is 1. The number of hydrogen-bond acceptors (Lipinski definition) is 2. The van der Waals surface area contributed by atoms with E-state index in [1.54, 1.807) is 11.8 Å². The van der Waals surface area contributed by atoms with Crippen molar-refractivity contribution in [3.63, 3.8) is 0 Å². The molecule has 0 radical (unpaired) electrons. The van der Waals surface area contributed by atoms with Gasteiger partial charge in [-0.25, -0.2) is 0 Å². The van der Waals surface area contributed by atoms with Crippen molar-refractivity contribution < 1.29 is 4.79 Å². The van der Waals surface area contributed by atoms with Gasteiger partial charge in [-0.05, 0) is 25.3 Å². The van der Waals surface area contributed by atoms with E-state index in [1.165, 1.54) is 37.7 Å². The van der Waals surface area contributed by atoms with Gasteiger partial charge in [0.25, 0.3) is 0 Å². The van der Waals surface area contributed by atoms with Gasteiger partial charge in [-0.1, -0.05) is 49.6 Å². The zero-order valence-corrected chi connectivity index (χ0v) is 13.4. The molecule has 0 bridgehead atoms. The van der Waals surface area contributed by atoms with Crippen LogP contribution in [0.2, 0.25) is 0 Å². The molecule has 1 amide bonds. The van der Waals surface area contributed by atoms with Crippen LogP contribution >= 0.6 is 11.8 Å². The Morgan fingerprint density at radius 3 is 2.55 bits per heavy atom. The van der Waals surface area contributed by atoms with E-state index in [2.05, 4.69) is 24.3 Å². The van der Waals surface area contributed by atoms with E-state index in [4.69, 9.17) is 0 Å². The molecule has 1 atom stereocenters. The van der Waals surface area contributed by atoms with Crippen LogP contribution in [0.1, 0.15) is 44.6 Å². The van der Waals surface area contributed by atoms with E-state index >= 15 is 0 Å². The first-order valence-corrected chi connectivity index (χ1v) is 8.65. The number of rotatable bonds is 5. The van der Waals surface area contributed by atoms with E-state index in [9.17, 15) is 4.79 Å². The summed E-state index contributed by atoms with van der Waals surface area (Å²) in [5.41, 5.74) is 1.29. The first-order valence-electron chi connectivity index (χ1n) is 7.60. The highest BCUT2D eigenvalue weighted by Crippen LogP contribution is 2.25. The molecule has 1 aliphatic rings. The SMILES string of the molecule is C[C@@H](SCc1ccccc1)C(=O)N(C)C1CCCCC1. The highest BCUT2D eigenvalue weighted by molar-refractivity contribution is 7.99. The van der Waals surface area contributed by atoms with Crippen LogP contribution in [0.3, 0.4) is 0 Å². The maximum absolute atomic E-state index is 12.5. The smallest absolute Gasteiger partial charge is 0.235 e. The molecule has 3 heteroatoms. The van der Waals surface area contributed by atoms with Gasteiger partial charge in [-0.15, -0.1) is 11.8 Å². The summed E-state index contributed by atoms with van der Waals surface area (Å²) in [7, 11) is 1.98. The normalized spacial score (nSPS) is 17.7. The molecule has 1 saturated carbocycles. The van der Waals surface area contributed by atoms with Crippen molar-refractivity contribution in [2.24, 2.45) is 0 Å². The first kappa shape index (κ1) is 15.4. The Balaban J connectivity index is 1.81. The van der Waals surface area contributed by atoms with Crippen molar-refractivity contribution in [3.05, 3.63) is 35.9 Å². The van der Waals surface area contributed by atoms with Crippen molar-refractivity contribution in [1.82, 2.24) is 4.90 Å². The standard InChI is InChI=1S/C17H25NOS/c1-14(20-13-15-9-5-3-6-10-15)17(19)18(2)16-11-7-4-8-12-16/h3,5-6,9-10,14,16H,4,7-8,11-13H2,1-2H3/t14-/m1/s1. The van der Waals surface area contributed by atoms with Gasteiger partial charge in [-0.3, -0.25) is 4.79 Å². The van der Waals surface area contributed by atoms with E-state index in [0.29, 0.717) is 6.04 Å². The Bertz CT molecular complexity index is 414. The summed E-state index contributed by atoms with van der Waals surface area (Å²) in [5.74, 6) is 1.20. The van der Waals surface area contributed by atoms with Gasteiger partial charge in [0.05, 0.1) is 5.25 Å². The minimum absolute atomic E-state index is 0.0436. The monoisotopic (exact) mass is 291 g/mol. The molecular weight excluding hydrogens is 266 g/mol. The van der Waals surface area contributed by atoms with Crippen molar-refractivity contribution >= 4 is 17.7 Å². The summed E-state index contributed by atoms with van der Waals surface area (Å²) < 4.78 is 0. The fourth-order valence-electron chi connectivity index (χ4n) is 2.80. The lowest BCUT2D eigenvalue weighted by Crippen LogP contribution is -2.42. The third kappa shape index (κ3) is 4.27. The second-order valence-corrected chi connectivity index (χ2v) is 7.01. The van der Waals surface area contributed by atoms with Gasteiger partial charge in [0, 0.05) is 18.8 Å². The number of nitrogens with zero attached hydrogens (tertiary/aromatic N) is 1. The van der Waals surface area contributed by atoms with Crippen LogP contribution < -0.4 is 0 Å². The van der Waals surface area contributed by atoms with E-state index in [-0.39, 0.29) is 11.2 Å². The number of thioether (sulfide) groups is 1. The molecule has 2 nitrogen and oxygen atoms in total. The van der Waals surface area contributed by atoms with Gasteiger partial charge in [0.1, 0.15) is 0 Å². The molecule has 0 unspecified atom stereocenters. The summed E-state index contributed by atoms with van der Waals surface area (Å²) in [6.45, 7) is 2.04. The molecule has 0 spiro atoms. The highest BCUT2D eigenvalue weighted by Gasteiger charge is 2.25. The maximum atomic E-state index is 12.5. The summed E-state index contributed by atoms with van der Waals surface area (Å²) >= 11 is 1.74. The van der Waals surface area contributed by atoms with Crippen LogP contribution in [0.25, 0.3) is 0 Å². The minimum Gasteiger partial charge on any atom is -0.342 e. The van der Waals surface area contributed by atoms with Crippen LogP contribution in [0.5, 0.6) is 0 Å². The number of carbonyl (C=O) groups excluding carboxylic acids is 1. The van der Waals surface area contributed by atoms with Crippen LogP contribution in [0, 0.1) is 0 Å². The van der Waals surface area contributed by atoms with Crippen LogP contribution in [0.15, 0.2) is 30.3 Å². The van der Waals surface area contributed by atoms with Crippen LogP contribution in [-0.2, 0) is 10.5 Å². The Hall–Kier alpha value is -0.960. The fraction of sp³-hybridized carbons (Fsp3) is 0.588. The van der Waals surface area contributed by atoms with Gasteiger partial charge in [0.15, 0.2) is 0 Å². The summed E-state index contributed by atoms with van der Waals surface area (Å²) in [6.07, 6.45) is 6.23. The molecule has 1 aromatic rings. The Kier molecular flexibility index (Phi) is 5.96. The molecular formula is C17H25NOS. The molecule has 1 aliphatic carbocycles. The lowest BCUT2D eigenvalue weighted by molar-refractivity contribution is -0.131. The largest absolute Gasteiger partial charge is 0.342 e. The molecule has 0 aromatic heterocycles. The predicted octanol–water partition coefficient (Wildman–Crippen LogP) is 4.10. The van der Waals surface area contributed by atoms with Crippen LogP contribution in [-0.4, -0.2) is 29.1 Å². The summed E-state index contributed by atoms with van der Waals surface area (Å²) in [5, 5.41) is 0.0436. The number of hydrogen-bond donors (Lipinski definition) is 0. The van der Waals surface area contributed by atoms with Crippen molar-refractivity contribution in [2.45, 2.75) is 56.1 Å². The molecule has 110 valence electrons. The summed E-state index contributed by atoms with van der Waals surface area (Å²) in [6, 6.07) is 10.8. The van der Waals surface area contributed by atoms with Crippen molar-refractivity contribution in [2.75, 3.05) is 7.05 Å². The van der Waals surface area contributed by atoms with Gasteiger partial charge in [0.2, 0.25) is 5.91 Å². The lowest BCUT2D eigenvalue weighted by atomic mass is 9.94. The first-order chi connectivity index (χ1) is 9.68. The Morgan fingerprint density at radius 2 is 1.90 bits per heavy atom. The molecule has 2 rings (SSSR count). The highest BCUT2D eigenvalue weighted by atomic mass is 32.2. The lowest BCUT2D eigenvalue weighted by Gasteiger charge is -2.32. The van der Waals surface area contributed by atoms with E-state index in [1.807, 2.05) is 24.9 Å². The average Bonchev–Trinajstić information content (AvgIpc) is 2.53. The molecule has 1 aromatic carbocycles. The Morgan fingerprint density at radius 1 is 1.25 bits per heavy atom. The number of benzene rings is 1. The second kappa shape index (κ2) is 7.72. The van der Waals surface area contributed by atoms with Crippen molar-refractivity contribution in [3.8, 4) is 0 Å². The predicted molar refractivity (Wildman–Crippen MR) is 86.8 cm³/mol. The zero-order chi connectivity index (χ0) is 14.4. The fourth-order valence-corrected chi connectivity index (χ4v) is 3.75. The molecule has 0 saturated heterocycles. The topological polar surface area (TPSA) is 20.3 Å². The summed E-state index contributed by atoms with van der Waals surface area (Å²) in [4.78, 5) is 14.5. The molecule has 0 N–H and O–H groups in total. The molecule has 0 aliphatic heterocycles. The Labute approximate surface area is 126 Å². The van der Waals surface area contributed by atoms with E-state index < -0.39 is 0 Å². The quantitative estimate of drug-likeness (QED) is 0.814. The molecule has 0 heterocycles. The molecule has 20 heavy (non-hydrogen) atoms. The number of carbonyl (C=O) groups is 1. The maximum Gasteiger partial charge on any atom is 0.235 e. The average molecular weight is 291 g/mol. The molecule has 1 fully saturated rings. The van der Waals surface area contributed by atoms with Gasteiger partial charge in [-0.2, -0.15) is 0 Å². The van der Waals surface area contributed by atoms with Gasteiger partial charge >= 0.3 is 0 Å². The third-order valence-corrected chi connectivity index (χ3v) is 5.36. The van der Waals surface area contributed by atoms with Crippen molar-refractivity contribution in [1.29, 1.82) is 0 Å². The zero-order valence-electron chi connectivity index (χ0n) is 12.5. The second-order valence-electron chi connectivity index (χ2n) is 5.68. The third-order valence-electron chi connectivity index (χ3n) is 4.16. The van der Waals surface area contributed by atoms with Gasteiger partial charge < -0.3 is 4.90 Å². The minimum atomic E-state index is 0.0436. The van der Waals surface area contributed by atoms with E-state index in [0.717, 1.165) is 5.75 Å².